The van der Waals surface area contributed by atoms with Crippen LogP contribution in [0.1, 0.15) is 12.0 Å². The molecule has 86 valence electrons. The first-order valence-corrected chi connectivity index (χ1v) is 5.24. The van der Waals surface area contributed by atoms with Crippen LogP contribution in [0.5, 0.6) is 17.2 Å². The van der Waals surface area contributed by atoms with E-state index in [1.165, 1.54) is 7.11 Å². The van der Waals surface area contributed by atoms with Gasteiger partial charge in [0.1, 0.15) is 17.1 Å². The summed E-state index contributed by atoms with van der Waals surface area (Å²) in [6.07, 6.45) is 1.85. The van der Waals surface area contributed by atoms with Gasteiger partial charge >= 0.3 is 0 Å². The Balaban J connectivity index is 2.43. The molecule has 0 atom stereocenters. The fraction of sp³-hybridized carbons (Fsp3) is 0.364. The molecule has 0 amide bonds. The van der Waals surface area contributed by atoms with E-state index in [2.05, 4.69) is 0 Å². The molecule has 4 nitrogen and oxygen atoms in total. The van der Waals surface area contributed by atoms with Gasteiger partial charge in [0.15, 0.2) is 11.5 Å². The average Bonchev–Trinajstić information content (AvgIpc) is 2.75. The van der Waals surface area contributed by atoms with Gasteiger partial charge in [-0.15, -0.1) is 0 Å². The molecule has 1 aliphatic heterocycles. The molecule has 0 aromatic heterocycles. The van der Waals surface area contributed by atoms with Gasteiger partial charge in [-0.2, -0.15) is 0 Å². The van der Waals surface area contributed by atoms with Crippen LogP contribution in [0.2, 0.25) is 5.02 Å². The van der Waals surface area contributed by atoms with Crippen molar-refractivity contribution < 1.29 is 19.0 Å². The minimum Gasteiger partial charge on any atom is -0.495 e. The molecule has 5 heteroatoms. The van der Waals surface area contributed by atoms with E-state index < -0.39 is 0 Å². The molecule has 1 heterocycles. The van der Waals surface area contributed by atoms with Crippen LogP contribution in [0.15, 0.2) is 6.07 Å². The van der Waals surface area contributed by atoms with Crippen molar-refractivity contribution in [2.24, 2.45) is 0 Å². The normalized spacial score (nSPS) is 12.6. The van der Waals surface area contributed by atoms with Crippen molar-refractivity contribution in [3.63, 3.8) is 0 Å². The van der Waals surface area contributed by atoms with E-state index >= 15 is 0 Å². The quantitative estimate of drug-likeness (QED) is 0.760. The van der Waals surface area contributed by atoms with Crippen molar-refractivity contribution >= 4 is 17.9 Å². The summed E-state index contributed by atoms with van der Waals surface area (Å²) in [6, 6.07) is 1.80. The fourth-order valence-electron chi connectivity index (χ4n) is 1.66. The van der Waals surface area contributed by atoms with E-state index in [9.17, 15) is 4.79 Å². The second kappa shape index (κ2) is 4.61. The van der Waals surface area contributed by atoms with Gasteiger partial charge in [0.2, 0.25) is 6.79 Å². The van der Waals surface area contributed by atoms with Crippen LogP contribution >= 0.6 is 11.6 Å². The second-order valence-corrected chi connectivity index (χ2v) is 3.70. The smallest absolute Gasteiger partial charge is 0.231 e. The average molecular weight is 243 g/mol. The largest absolute Gasteiger partial charge is 0.495 e. The minimum atomic E-state index is 0.162. The second-order valence-electron chi connectivity index (χ2n) is 3.32. The SMILES string of the molecule is COc1c(CCC=O)cc2c(c1Cl)OCO2. The van der Waals surface area contributed by atoms with E-state index in [4.69, 9.17) is 25.8 Å². The van der Waals surface area contributed by atoms with Crippen LogP contribution in [0.4, 0.5) is 0 Å². The highest BCUT2D eigenvalue weighted by Crippen LogP contribution is 2.46. The third-order valence-electron chi connectivity index (χ3n) is 2.37. The van der Waals surface area contributed by atoms with Crippen molar-refractivity contribution in [1.29, 1.82) is 0 Å². The molecule has 0 bridgehead atoms. The Labute approximate surface area is 98.1 Å². The maximum absolute atomic E-state index is 10.4. The number of carbonyl (C=O) groups is 1. The summed E-state index contributed by atoms with van der Waals surface area (Å²) in [4.78, 5) is 10.4. The summed E-state index contributed by atoms with van der Waals surface area (Å²) in [7, 11) is 1.54. The maximum atomic E-state index is 10.4. The van der Waals surface area contributed by atoms with Crippen LogP contribution in [-0.2, 0) is 11.2 Å². The Morgan fingerprint density at radius 1 is 1.56 bits per heavy atom. The standard InChI is InChI=1S/C11H11ClO4/c1-14-10-7(3-2-4-13)5-8-11(9(10)12)16-6-15-8/h4-5H,2-3,6H2,1H3. The molecule has 0 saturated carbocycles. The Morgan fingerprint density at radius 2 is 2.38 bits per heavy atom. The van der Waals surface area contributed by atoms with Crippen LogP contribution in [0.25, 0.3) is 0 Å². The lowest BCUT2D eigenvalue weighted by Crippen LogP contribution is -1.95. The highest BCUT2D eigenvalue weighted by Gasteiger charge is 2.23. The van der Waals surface area contributed by atoms with Crippen molar-refractivity contribution in [3.05, 3.63) is 16.7 Å². The molecule has 0 N–H and O–H groups in total. The number of aryl methyl sites for hydroxylation is 1. The molecule has 0 spiro atoms. The molecular formula is C11H11ClO4. The van der Waals surface area contributed by atoms with Crippen molar-refractivity contribution in [2.75, 3.05) is 13.9 Å². The van der Waals surface area contributed by atoms with Crippen LogP contribution in [0.3, 0.4) is 0 Å². The van der Waals surface area contributed by atoms with Crippen molar-refractivity contribution in [3.8, 4) is 17.2 Å². The zero-order valence-electron chi connectivity index (χ0n) is 8.79. The van der Waals surface area contributed by atoms with Gasteiger partial charge in [0.05, 0.1) is 7.11 Å². The molecule has 0 saturated heterocycles. The molecule has 0 unspecified atom stereocenters. The van der Waals surface area contributed by atoms with E-state index in [0.717, 1.165) is 11.8 Å². The molecule has 1 aliphatic rings. The van der Waals surface area contributed by atoms with Crippen molar-refractivity contribution in [2.45, 2.75) is 12.8 Å². The van der Waals surface area contributed by atoms with Crippen LogP contribution < -0.4 is 14.2 Å². The molecule has 2 rings (SSSR count). The summed E-state index contributed by atoms with van der Waals surface area (Å²) in [5.74, 6) is 1.66. The number of methoxy groups -OCH3 is 1. The number of ether oxygens (including phenoxy) is 3. The topological polar surface area (TPSA) is 44.8 Å². The predicted octanol–water partition coefficient (Wildman–Crippen LogP) is 2.21. The van der Waals surface area contributed by atoms with Gasteiger partial charge < -0.3 is 19.0 Å². The molecule has 0 radical (unpaired) electrons. The lowest BCUT2D eigenvalue weighted by atomic mass is 10.1. The molecule has 0 fully saturated rings. The monoisotopic (exact) mass is 242 g/mol. The van der Waals surface area contributed by atoms with E-state index in [1.807, 2.05) is 0 Å². The molecular weight excluding hydrogens is 232 g/mol. The number of aldehydes is 1. The summed E-state index contributed by atoms with van der Waals surface area (Å²) in [5.41, 5.74) is 0.851. The number of benzene rings is 1. The molecule has 1 aromatic rings. The first kappa shape index (κ1) is 11.1. The van der Waals surface area contributed by atoms with Gasteiger partial charge in [-0.25, -0.2) is 0 Å². The highest BCUT2D eigenvalue weighted by atomic mass is 35.5. The minimum absolute atomic E-state index is 0.162. The van der Waals surface area contributed by atoms with E-state index in [1.54, 1.807) is 6.07 Å². The first-order chi connectivity index (χ1) is 7.77. The Morgan fingerprint density at radius 3 is 3.06 bits per heavy atom. The maximum Gasteiger partial charge on any atom is 0.231 e. The lowest BCUT2D eigenvalue weighted by Gasteiger charge is -2.11. The number of hydrogen-bond acceptors (Lipinski definition) is 4. The third kappa shape index (κ3) is 1.80. The van der Waals surface area contributed by atoms with E-state index in [-0.39, 0.29) is 6.79 Å². The van der Waals surface area contributed by atoms with Crippen LogP contribution in [-0.4, -0.2) is 20.2 Å². The number of halogens is 1. The predicted molar refractivity (Wildman–Crippen MR) is 58.5 cm³/mol. The Hall–Kier alpha value is -1.42. The highest BCUT2D eigenvalue weighted by molar-refractivity contribution is 6.34. The summed E-state index contributed by atoms with van der Waals surface area (Å²) >= 11 is 6.12. The zero-order chi connectivity index (χ0) is 11.5. The van der Waals surface area contributed by atoms with Crippen molar-refractivity contribution in [1.82, 2.24) is 0 Å². The summed E-state index contributed by atoms with van der Waals surface area (Å²) in [5, 5.41) is 0.401. The zero-order valence-corrected chi connectivity index (χ0v) is 9.54. The third-order valence-corrected chi connectivity index (χ3v) is 2.72. The number of carbonyl (C=O) groups excluding carboxylic acids is 1. The number of hydrogen-bond donors (Lipinski definition) is 0. The first-order valence-electron chi connectivity index (χ1n) is 4.86. The van der Waals surface area contributed by atoms with Gasteiger partial charge in [0, 0.05) is 12.0 Å². The molecule has 1 aromatic carbocycles. The van der Waals surface area contributed by atoms with E-state index in [0.29, 0.717) is 35.1 Å². The fourth-order valence-corrected chi connectivity index (χ4v) is 2.00. The van der Waals surface area contributed by atoms with Crippen LogP contribution in [0, 0.1) is 0 Å². The number of rotatable bonds is 4. The van der Waals surface area contributed by atoms with Gasteiger partial charge in [-0.1, -0.05) is 11.6 Å². The number of fused-ring (bicyclic) bond motifs is 1. The van der Waals surface area contributed by atoms with Gasteiger partial charge in [-0.3, -0.25) is 0 Å². The summed E-state index contributed by atoms with van der Waals surface area (Å²) in [6.45, 7) is 0.162. The Kier molecular flexibility index (Phi) is 3.19. The Bertz CT molecular complexity index is 417. The lowest BCUT2D eigenvalue weighted by molar-refractivity contribution is -0.107. The molecule has 16 heavy (non-hydrogen) atoms. The van der Waals surface area contributed by atoms with Gasteiger partial charge in [-0.05, 0) is 12.5 Å². The summed E-state index contributed by atoms with van der Waals surface area (Å²) < 4.78 is 15.7. The van der Waals surface area contributed by atoms with Gasteiger partial charge in [0.25, 0.3) is 0 Å². The molecule has 0 aliphatic carbocycles.